The van der Waals surface area contributed by atoms with E-state index < -0.39 is 0 Å². The van der Waals surface area contributed by atoms with E-state index in [4.69, 9.17) is 9.15 Å². The van der Waals surface area contributed by atoms with Crippen LogP contribution in [-0.2, 0) is 24.9 Å². The molecule has 0 bridgehead atoms. The van der Waals surface area contributed by atoms with Crippen molar-refractivity contribution in [3.05, 3.63) is 35.3 Å². The lowest BCUT2D eigenvalue weighted by atomic mass is 10.1. The van der Waals surface area contributed by atoms with E-state index in [2.05, 4.69) is 21.2 Å². The summed E-state index contributed by atoms with van der Waals surface area (Å²) in [6.45, 7) is 4.37. The number of likely N-dealkylation sites (tertiary alicyclic amines) is 1. The van der Waals surface area contributed by atoms with Crippen LogP contribution in [0.4, 0.5) is 0 Å². The number of ether oxygens (including phenoxy) is 1. The van der Waals surface area contributed by atoms with E-state index in [0.717, 1.165) is 42.7 Å². The van der Waals surface area contributed by atoms with Gasteiger partial charge in [0.05, 0.1) is 12.6 Å². The standard InChI is InChI=1S/C15H22N4O2/c1-11-16-17-15(18(11)2)9-19-8-4-5-13(19)14-7-6-12(21-14)10-20-3/h6-7,13H,4-5,8-10H2,1-3H3/t13-/m0/s1. The minimum Gasteiger partial charge on any atom is -0.462 e. The molecule has 1 aliphatic rings. The van der Waals surface area contributed by atoms with Crippen LogP contribution in [0.5, 0.6) is 0 Å². The summed E-state index contributed by atoms with van der Waals surface area (Å²) >= 11 is 0. The summed E-state index contributed by atoms with van der Waals surface area (Å²) in [5.41, 5.74) is 0. The third-order valence-electron chi connectivity index (χ3n) is 4.19. The summed E-state index contributed by atoms with van der Waals surface area (Å²) in [5.74, 6) is 3.86. The molecule has 1 atom stereocenters. The van der Waals surface area contributed by atoms with Gasteiger partial charge in [0.2, 0.25) is 0 Å². The van der Waals surface area contributed by atoms with Crippen molar-refractivity contribution in [3.8, 4) is 0 Å². The van der Waals surface area contributed by atoms with Gasteiger partial charge in [0, 0.05) is 14.2 Å². The first-order valence-electron chi connectivity index (χ1n) is 7.35. The van der Waals surface area contributed by atoms with E-state index in [-0.39, 0.29) is 0 Å². The monoisotopic (exact) mass is 290 g/mol. The number of nitrogens with zero attached hydrogens (tertiary/aromatic N) is 4. The van der Waals surface area contributed by atoms with Crippen LogP contribution < -0.4 is 0 Å². The molecule has 0 spiro atoms. The third-order valence-corrected chi connectivity index (χ3v) is 4.19. The molecule has 3 heterocycles. The van der Waals surface area contributed by atoms with Gasteiger partial charge in [-0.2, -0.15) is 0 Å². The highest BCUT2D eigenvalue weighted by Crippen LogP contribution is 2.34. The number of methoxy groups -OCH3 is 1. The second kappa shape index (κ2) is 5.99. The third kappa shape index (κ3) is 2.87. The predicted molar refractivity (Wildman–Crippen MR) is 77.5 cm³/mol. The molecule has 3 rings (SSSR count). The van der Waals surface area contributed by atoms with Gasteiger partial charge >= 0.3 is 0 Å². The number of hydrogen-bond donors (Lipinski definition) is 0. The van der Waals surface area contributed by atoms with E-state index in [1.165, 1.54) is 6.42 Å². The highest BCUT2D eigenvalue weighted by molar-refractivity contribution is 5.12. The Hall–Kier alpha value is -1.66. The Bertz CT molecular complexity index is 605. The molecule has 2 aromatic heterocycles. The molecular weight excluding hydrogens is 268 g/mol. The Morgan fingerprint density at radius 2 is 2.24 bits per heavy atom. The summed E-state index contributed by atoms with van der Waals surface area (Å²) in [6.07, 6.45) is 2.30. The van der Waals surface area contributed by atoms with Crippen molar-refractivity contribution in [2.45, 2.75) is 39.0 Å². The first kappa shape index (κ1) is 14.3. The Kier molecular flexibility index (Phi) is 4.07. The van der Waals surface area contributed by atoms with Crippen molar-refractivity contribution in [2.24, 2.45) is 7.05 Å². The lowest BCUT2D eigenvalue weighted by Crippen LogP contribution is -2.24. The molecule has 0 saturated carbocycles. The number of aromatic nitrogens is 3. The lowest BCUT2D eigenvalue weighted by molar-refractivity contribution is 0.155. The summed E-state index contributed by atoms with van der Waals surface area (Å²) < 4.78 is 13.1. The maximum atomic E-state index is 5.90. The molecule has 0 N–H and O–H groups in total. The molecule has 114 valence electrons. The summed E-state index contributed by atoms with van der Waals surface area (Å²) in [7, 11) is 3.69. The first-order chi connectivity index (χ1) is 10.2. The second-order valence-electron chi connectivity index (χ2n) is 5.59. The molecular formula is C15H22N4O2. The van der Waals surface area contributed by atoms with E-state index >= 15 is 0 Å². The van der Waals surface area contributed by atoms with Gasteiger partial charge in [-0.15, -0.1) is 10.2 Å². The Balaban J connectivity index is 1.74. The number of hydrogen-bond acceptors (Lipinski definition) is 5. The van der Waals surface area contributed by atoms with E-state index in [0.29, 0.717) is 12.6 Å². The molecule has 0 aliphatic carbocycles. The van der Waals surface area contributed by atoms with Gasteiger partial charge in [-0.05, 0) is 38.4 Å². The molecule has 0 amide bonds. The van der Waals surface area contributed by atoms with Crippen LogP contribution >= 0.6 is 0 Å². The summed E-state index contributed by atoms with van der Waals surface area (Å²) in [5, 5.41) is 8.39. The van der Waals surface area contributed by atoms with Gasteiger partial charge in [0.15, 0.2) is 0 Å². The van der Waals surface area contributed by atoms with Crippen molar-refractivity contribution in [1.29, 1.82) is 0 Å². The normalized spacial score (nSPS) is 19.5. The van der Waals surface area contributed by atoms with Crippen molar-refractivity contribution < 1.29 is 9.15 Å². The predicted octanol–water partition coefficient (Wildman–Crippen LogP) is 2.20. The topological polar surface area (TPSA) is 56.3 Å². The van der Waals surface area contributed by atoms with Crippen LogP contribution in [0.2, 0.25) is 0 Å². The maximum Gasteiger partial charge on any atom is 0.146 e. The average molecular weight is 290 g/mol. The Labute approximate surface area is 124 Å². The van der Waals surface area contributed by atoms with Crippen molar-refractivity contribution in [1.82, 2.24) is 19.7 Å². The van der Waals surface area contributed by atoms with Gasteiger partial charge in [-0.1, -0.05) is 0 Å². The maximum absolute atomic E-state index is 5.90. The molecule has 6 nitrogen and oxygen atoms in total. The molecule has 6 heteroatoms. The molecule has 0 radical (unpaired) electrons. The number of aryl methyl sites for hydroxylation is 1. The van der Waals surface area contributed by atoms with Crippen LogP contribution in [0.15, 0.2) is 16.5 Å². The van der Waals surface area contributed by atoms with Crippen LogP contribution in [0.1, 0.15) is 42.1 Å². The lowest BCUT2D eigenvalue weighted by Gasteiger charge is -2.22. The quantitative estimate of drug-likeness (QED) is 0.845. The van der Waals surface area contributed by atoms with Crippen LogP contribution in [0.25, 0.3) is 0 Å². The first-order valence-corrected chi connectivity index (χ1v) is 7.35. The summed E-state index contributed by atoms with van der Waals surface area (Å²) in [4.78, 5) is 2.42. The molecule has 1 fully saturated rings. The van der Waals surface area contributed by atoms with Crippen molar-refractivity contribution in [3.63, 3.8) is 0 Å². The number of rotatable bonds is 5. The Morgan fingerprint density at radius 3 is 2.95 bits per heavy atom. The summed E-state index contributed by atoms with van der Waals surface area (Å²) in [6, 6.07) is 4.40. The molecule has 1 aliphatic heterocycles. The van der Waals surface area contributed by atoms with E-state index in [9.17, 15) is 0 Å². The minimum absolute atomic E-state index is 0.326. The van der Waals surface area contributed by atoms with Gasteiger partial charge in [0.1, 0.15) is 29.8 Å². The SMILES string of the molecule is COCc1ccc([C@@H]2CCCN2Cc2nnc(C)n2C)o1. The molecule has 0 unspecified atom stereocenters. The van der Waals surface area contributed by atoms with Gasteiger partial charge < -0.3 is 13.7 Å². The van der Waals surface area contributed by atoms with Crippen LogP contribution in [0.3, 0.4) is 0 Å². The highest BCUT2D eigenvalue weighted by Gasteiger charge is 2.29. The van der Waals surface area contributed by atoms with Crippen molar-refractivity contribution in [2.75, 3.05) is 13.7 Å². The molecule has 1 saturated heterocycles. The van der Waals surface area contributed by atoms with Gasteiger partial charge in [-0.25, -0.2) is 0 Å². The van der Waals surface area contributed by atoms with Crippen molar-refractivity contribution >= 4 is 0 Å². The van der Waals surface area contributed by atoms with E-state index in [1.54, 1.807) is 7.11 Å². The molecule has 0 aromatic carbocycles. The van der Waals surface area contributed by atoms with Gasteiger partial charge in [-0.3, -0.25) is 4.90 Å². The van der Waals surface area contributed by atoms with Crippen LogP contribution in [0, 0.1) is 6.92 Å². The molecule has 21 heavy (non-hydrogen) atoms. The smallest absolute Gasteiger partial charge is 0.146 e. The average Bonchev–Trinajstić information content (AvgIpc) is 3.16. The largest absolute Gasteiger partial charge is 0.462 e. The minimum atomic E-state index is 0.326. The fourth-order valence-electron chi connectivity index (χ4n) is 2.90. The van der Waals surface area contributed by atoms with Gasteiger partial charge in [0.25, 0.3) is 0 Å². The fourth-order valence-corrected chi connectivity index (χ4v) is 2.90. The molecule has 2 aromatic rings. The second-order valence-corrected chi connectivity index (χ2v) is 5.59. The highest BCUT2D eigenvalue weighted by atomic mass is 16.5. The van der Waals surface area contributed by atoms with E-state index in [1.807, 2.05) is 24.6 Å². The zero-order chi connectivity index (χ0) is 14.8. The Morgan fingerprint density at radius 1 is 1.38 bits per heavy atom. The number of furan rings is 1. The zero-order valence-corrected chi connectivity index (χ0v) is 12.9. The van der Waals surface area contributed by atoms with Crippen LogP contribution in [-0.4, -0.2) is 33.3 Å². The zero-order valence-electron chi connectivity index (χ0n) is 12.9. The fraction of sp³-hybridized carbons (Fsp3) is 0.600.